The molecule has 0 bridgehead atoms. The third-order valence-corrected chi connectivity index (χ3v) is 10.1. The zero-order chi connectivity index (χ0) is 41.1. The Morgan fingerprint density at radius 1 is 0.847 bits per heavy atom. The van der Waals surface area contributed by atoms with Crippen molar-refractivity contribution in [3.8, 4) is 17.2 Å². The van der Waals surface area contributed by atoms with Gasteiger partial charge in [-0.3, -0.25) is 24.1 Å². The van der Waals surface area contributed by atoms with E-state index in [9.17, 15) is 19.2 Å². The van der Waals surface area contributed by atoms with E-state index in [0.717, 1.165) is 39.0 Å². The molecule has 3 aromatic carbocycles. The highest BCUT2D eigenvalue weighted by Gasteiger charge is 2.35. The zero-order valence-corrected chi connectivity index (χ0v) is 33.0. The third-order valence-electron chi connectivity index (χ3n) is 10.1. The van der Waals surface area contributed by atoms with E-state index in [1.54, 1.807) is 37.2 Å². The van der Waals surface area contributed by atoms with Crippen LogP contribution < -0.4 is 24.8 Å². The Morgan fingerprint density at radius 2 is 1.59 bits per heavy atom. The maximum Gasteiger partial charge on any atom is 0.260 e. The summed E-state index contributed by atoms with van der Waals surface area (Å²) in [5, 5.41) is 16.7. The molecule has 0 radical (unpaired) electrons. The van der Waals surface area contributed by atoms with Gasteiger partial charge in [-0.05, 0) is 52.6 Å². The third kappa shape index (κ3) is 10.2. The van der Waals surface area contributed by atoms with Gasteiger partial charge in [0.2, 0.25) is 5.91 Å². The summed E-state index contributed by atoms with van der Waals surface area (Å²) in [5.74, 6) is 0.534. The van der Waals surface area contributed by atoms with Crippen LogP contribution in [0.25, 0.3) is 16.3 Å². The molecule has 4 aromatic rings. The first-order valence-corrected chi connectivity index (χ1v) is 19.4. The number of nitrogens with one attached hydrogen (secondary N) is 2. The number of rotatable bonds is 21. The molecule has 2 N–H and O–H groups in total. The van der Waals surface area contributed by atoms with Crippen LogP contribution in [-0.2, 0) is 41.7 Å². The van der Waals surface area contributed by atoms with Crippen molar-refractivity contribution in [1.82, 2.24) is 30.1 Å². The van der Waals surface area contributed by atoms with Crippen LogP contribution in [0.1, 0.15) is 34.5 Å². The van der Waals surface area contributed by atoms with E-state index in [1.165, 1.54) is 12.2 Å². The molecule has 3 aliphatic heterocycles. The van der Waals surface area contributed by atoms with E-state index in [1.807, 2.05) is 29.3 Å². The largest absolute Gasteiger partial charge is 0.497 e. The molecule has 0 saturated heterocycles. The van der Waals surface area contributed by atoms with Gasteiger partial charge >= 0.3 is 0 Å². The van der Waals surface area contributed by atoms with Gasteiger partial charge in [-0.25, -0.2) is 4.68 Å². The maximum absolute atomic E-state index is 14.0. The standard InChI is InChI=1S/C42H47N7O10/c1-54-34-6-5-28-19-29(3-4-30(28)21-34)31-20-33-24-44-36-23-37(55-2)38(22-35(36)42(53)49(33)25-31)59-27-32-26-47(46-45-32)12-14-57-16-18-58-17-15-56-13-10-43-39(50)9-11-48-40(51)7-8-41(48)52/h3-8,19,21-23,25-26,33,44H,9-18,20,24,27H2,1-2H3,(H,43,50)/t33-/m0/s1. The number of methoxy groups -OCH3 is 2. The van der Waals surface area contributed by atoms with Crippen LogP contribution in [0, 0.1) is 0 Å². The lowest BCUT2D eigenvalue weighted by Gasteiger charge is -2.20. The van der Waals surface area contributed by atoms with Crippen LogP contribution in [-0.4, -0.2) is 128 Å². The molecule has 0 saturated carbocycles. The van der Waals surface area contributed by atoms with Crippen molar-refractivity contribution in [3.05, 3.63) is 89.9 Å². The van der Waals surface area contributed by atoms with Gasteiger partial charge in [-0.1, -0.05) is 23.4 Å². The van der Waals surface area contributed by atoms with Crippen LogP contribution in [0.15, 0.2) is 73.1 Å². The maximum atomic E-state index is 14.0. The first kappa shape index (κ1) is 40.9. The lowest BCUT2D eigenvalue weighted by molar-refractivity contribution is -0.137. The molecular weight excluding hydrogens is 763 g/mol. The number of carbonyl (C=O) groups is 4. The Bertz CT molecular complexity index is 2220. The first-order valence-electron chi connectivity index (χ1n) is 19.4. The molecule has 7 rings (SSSR count). The number of nitrogens with zero attached hydrogens (tertiary/aromatic N) is 5. The molecule has 17 heteroatoms. The van der Waals surface area contributed by atoms with E-state index < -0.39 is 11.8 Å². The SMILES string of the molecule is COc1ccc2cc(C3=CN4C(=O)c5cc(OCc6cn(CCOCCOCCOCCNC(=O)CCN7C(=O)C=CC7=O)nn6)c(OC)cc5NC[C@@H]4C3)ccc2c1. The number of carbonyl (C=O) groups excluding carboxylic acids is 4. The summed E-state index contributed by atoms with van der Waals surface area (Å²) < 4.78 is 35.5. The summed E-state index contributed by atoms with van der Waals surface area (Å²) in [6, 6.07) is 15.8. The van der Waals surface area contributed by atoms with Gasteiger partial charge in [0.25, 0.3) is 17.7 Å². The molecule has 1 atom stereocenters. The second kappa shape index (κ2) is 19.4. The molecule has 59 heavy (non-hydrogen) atoms. The van der Waals surface area contributed by atoms with E-state index >= 15 is 0 Å². The molecular formula is C42H47N7O10. The Labute approximate surface area is 340 Å². The number of hydrogen-bond donors (Lipinski definition) is 2. The number of fused-ring (bicyclic) bond motifs is 3. The summed E-state index contributed by atoms with van der Waals surface area (Å²) >= 11 is 0. The molecule has 0 spiro atoms. The van der Waals surface area contributed by atoms with Gasteiger partial charge in [0.15, 0.2) is 11.5 Å². The summed E-state index contributed by atoms with van der Waals surface area (Å²) in [6.45, 7) is 3.74. The summed E-state index contributed by atoms with van der Waals surface area (Å²) in [6.07, 6.45) is 6.88. The molecule has 1 aromatic heterocycles. The zero-order valence-electron chi connectivity index (χ0n) is 33.0. The Hall–Kier alpha value is -6.30. The van der Waals surface area contributed by atoms with Crippen molar-refractivity contribution in [2.24, 2.45) is 0 Å². The topological polar surface area (TPSA) is 185 Å². The summed E-state index contributed by atoms with van der Waals surface area (Å²) in [4.78, 5) is 51.8. The number of amides is 4. The Morgan fingerprint density at radius 3 is 2.37 bits per heavy atom. The predicted octanol–water partition coefficient (Wildman–Crippen LogP) is 3.19. The minimum absolute atomic E-state index is 0.0358. The Balaban J connectivity index is 0.799. The number of ether oxygens (including phenoxy) is 6. The van der Waals surface area contributed by atoms with E-state index in [4.69, 9.17) is 28.4 Å². The van der Waals surface area contributed by atoms with Gasteiger partial charge in [0.1, 0.15) is 18.1 Å². The smallest absolute Gasteiger partial charge is 0.260 e. The second-order valence-electron chi connectivity index (χ2n) is 13.9. The van der Waals surface area contributed by atoms with Crippen molar-refractivity contribution in [3.63, 3.8) is 0 Å². The minimum Gasteiger partial charge on any atom is -0.497 e. The van der Waals surface area contributed by atoms with Crippen molar-refractivity contribution < 1.29 is 47.6 Å². The number of imide groups is 1. The van der Waals surface area contributed by atoms with E-state index in [2.05, 4.69) is 39.1 Å². The highest BCUT2D eigenvalue weighted by molar-refractivity contribution is 6.13. The average molecular weight is 810 g/mol. The normalized spacial score (nSPS) is 15.9. The molecule has 4 amide bonds. The van der Waals surface area contributed by atoms with Crippen LogP contribution in [0.2, 0.25) is 0 Å². The number of aromatic nitrogens is 3. The highest BCUT2D eigenvalue weighted by Crippen LogP contribution is 2.40. The fourth-order valence-corrected chi connectivity index (χ4v) is 6.92. The quantitative estimate of drug-likeness (QED) is 0.0925. The van der Waals surface area contributed by atoms with Crippen LogP contribution in [0.5, 0.6) is 17.2 Å². The fourth-order valence-electron chi connectivity index (χ4n) is 6.92. The molecule has 310 valence electrons. The van der Waals surface area contributed by atoms with E-state index in [-0.39, 0.29) is 37.4 Å². The lowest BCUT2D eigenvalue weighted by Crippen LogP contribution is -2.35. The van der Waals surface area contributed by atoms with Crippen LogP contribution in [0.4, 0.5) is 5.69 Å². The van der Waals surface area contributed by atoms with Gasteiger partial charge in [-0.15, -0.1) is 5.10 Å². The first-order chi connectivity index (χ1) is 28.8. The van der Waals surface area contributed by atoms with Gasteiger partial charge in [-0.2, -0.15) is 0 Å². The monoisotopic (exact) mass is 809 g/mol. The molecule has 4 heterocycles. The van der Waals surface area contributed by atoms with Crippen molar-refractivity contribution in [2.45, 2.75) is 32.0 Å². The Kier molecular flexibility index (Phi) is 13.5. The molecule has 0 fully saturated rings. The highest BCUT2D eigenvalue weighted by atomic mass is 16.5. The van der Waals surface area contributed by atoms with Crippen LogP contribution >= 0.6 is 0 Å². The summed E-state index contributed by atoms with van der Waals surface area (Å²) in [7, 11) is 3.22. The number of hydrogen-bond acceptors (Lipinski definition) is 13. The van der Waals surface area contributed by atoms with Crippen molar-refractivity contribution in [1.29, 1.82) is 0 Å². The fraction of sp³-hybridized carbons (Fsp3) is 0.381. The molecule has 0 unspecified atom stereocenters. The lowest BCUT2D eigenvalue weighted by atomic mass is 9.99. The number of anilines is 1. The predicted molar refractivity (Wildman–Crippen MR) is 215 cm³/mol. The van der Waals surface area contributed by atoms with E-state index in [0.29, 0.717) is 87.7 Å². The molecule has 0 aliphatic carbocycles. The van der Waals surface area contributed by atoms with Gasteiger partial charge < -0.3 is 44.0 Å². The van der Waals surface area contributed by atoms with Crippen molar-refractivity contribution in [2.75, 3.05) is 78.8 Å². The summed E-state index contributed by atoms with van der Waals surface area (Å²) in [5.41, 5.74) is 3.97. The minimum atomic E-state index is -0.406. The number of benzene rings is 3. The molecule has 17 nitrogen and oxygen atoms in total. The van der Waals surface area contributed by atoms with Gasteiger partial charge in [0, 0.05) is 50.5 Å². The van der Waals surface area contributed by atoms with Crippen molar-refractivity contribution >= 4 is 45.7 Å². The second-order valence-corrected chi connectivity index (χ2v) is 13.9. The molecule has 3 aliphatic rings. The van der Waals surface area contributed by atoms with Gasteiger partial charge in [0.05, 0.1) is 83.9 Å². The average Bonchev–Trinajstić information content (AvgIpc) is 3.97. The van der Waals surface area contributed by atoms with Crippen LogP contribution in [0.3, 0.4) is 0 Å².